The summed E-state index contributed by atoms with van der Waals surface area (Å²) >= 11 is 5.35. The largest absolute Gasteiger partial charge is 0.240 e. The van der Waals surface area contributed by atoms with Gasteiger partial charge in [-0.05, 0) is 18.2 Å². The molecule has 1 aromatic carbocycles. The minimum atomic E-state index is -3.83. The van der Waals surface area contributed by atoms with Gasteiger partial charge in [0.05, 0.1) is 4.90 Å². The van der Waals surface area contributed by atoms with E-state index in [0.29, 0.717) is 6.07 Å². The van der Waals surface area contributed by atoms with Crippen molar-refractivity contribution in [1.82, 2.24) is 4.72 Å². The van der Waals surface area contributed by atoms with Crippen LogP contribution in [0.1, 0.15) is 0 Å². The van der Waals surface area contributed by atoms with Crippen molar-refractivity contribution in [3.8, 4) is 0 Å². The molecule has 0 amide bonds. The van der Waals surface area contributed by atoms with E-state index in [-0.39, 0.29) is 17.3 Å². The lowest BCUT2D eigenvalue weighted by Gasteiger charge is -2.04. The number of hydrogen-bond acceptors (Lipinski definition) is 2. The molecular weight excluding hydrogens is 272 g/mol. The number of nitrogens with one attached hydrogen (secondary N) is 1. The van der Waals surface area contributed by atoms with Crippen LogP contribution in [-0.2, 0) is 10.0 Å². The van der Waals surface area contributed by atoms with Crippen LogP contribution in [-0.4, -0.2) is 20.8 Å². The van der Waals surface area contributed by atoms with Gasteiger partial charge in [-0.15, -0.1) is 11.6 Å². The predicted octanol–water partition coefficient (Wildman–Crippen LogP) is 2.04. The number of sulfonamides is 1. The highest BCUT2D eigenvalue weighted by Gasteiger charge is 2.15. The number of hydrogen-bond donors (Lipinski definition) is 1. The number of benzene rings is 1. The molecule has 0 bridgehead atoms. The monoisotopic (exact) mass is 281 g/mol. The average molecular weight is 282 g/mol. The summed E-state index contributed by atoms with van der Waals surface area (Å²) < 4.78 is 50.9. The second kappa shape index (κ2) is 6.09. The Morgan fingerprint density at radius 1 is 1.24 bits per heavy atom. The molecule has 7 heteroatoms. The van der Waals surface area contributed by atoms with Crippen molar-refractivity contribution in [3.05, 3.63) is 42.0 Å². The van der Waals surface area contributed by atoms with Crippen molar-refractivity contribution in [2.45, 2.75) is 4.90 Å². The molecule has 0 radical (unpaired) electrons. The summed E-state index contributed by atoms with van der Waals surface area (Å²) in [6.07, 6.45) is 3.08. The van der Waals surface area contributed by atoms with Gasteiger partial charge in [-0.2, -0.15) is 0 Å². The zero-order valence-electron chi connectivity index (χ0n) is 8.66. The van der Waals surface area contributed by atoms with Gasteiger partial charge >= 0.3 is 0 Å². The summed E-state index contributed by atoms with van der Waals surface area (Å²) in [5.74, 6) is -2.03. The summed E-state index contributed by atoms with van der Waals surface area (Å²) in [7, 11) is -3.83. The first-order valence-electron chi connectivity index (χ1n) is 4.63. The zero-order chi connectivity index (χ0) is 12.9. The molecule has 0 heterocycles. The van der Waals surface area contributed by atoms with Crippen molar-refractivity contribution in [3.63, 3.8) is 0 Å². The molecule has 0 fully saturated rings. The third kappa shape index (κ3) is 4.07. The van der Waals surface area contributed by atoms with Crippen LogP contribution in [0.15, 0.2) is 35.2 Å². The molecule has 0 saturated carbocycles. The summed E-state index contributed by atoms with van der Waals surface area (Å²) in [6, 6.07) is 2.38. The van der Waals surface area contributed by atoms with Crippen LogP contribution in [0.4, 0.5) is 8.78 Å². The molecule has 1 aromatic rings. The van der Waals surface area contributed by atoms with Crippen molar-refractivity contribution in [1.29, 1.82) is 0 Å². The van der Waals surface area contributed by atoms with E-state index in [1.54, 1.807) is 6.08 Å². The quantitative estimate of drug-likeness (QED) is 0.663. The molecule has 1 rings (SSSR count). The Kier molecular flexibility index (Phi) is 5.04. The second-order valence-corrected chi connectivity index (χ2v) is 5.13. The molecule has 0 spiro atoms. The molecule has 1 N–H and O–H groups in total. The van der Waals surface area contributed by atoms with Gasteiger partial charge in [0, 0.05) is 12.4 Å². The van der Waals surface area contributed by atoms with E-state index in [9.17, 15) is 17.2 Å². The Balaban J connectivity index is 2.82. The third-order valence-electron chi connectivity index (χ3n) is 1.85. The molecular formula is C10H10ClF2NO2S. The Labute approximate surface area is 103 Å². The highest BCUT2D eigenvalue weighted by atomic mass is 35.5. The van der Waals surface area contributed by atoms with Crippen LogP contribution in [0.25, 0.3) is 0 Å². The minimum Gasteiger partial charge on any atom is -0.207 e. The summed E-state index contributed by atoms with van der Waals surface area (Å²) in [6.45, 7) is 0.0358. The fraction of sp³-hybridized carbons (Fsp3) is 0.200. The standard InChI is InChI=1S/C10H10ClF2NO2S/c11-5-1-2-6-14-17(15,16)8-3-4-9(12)10(13)7-8/h1-4,7,14H,5-6H2/b2-1+. The summed E-state index contributed by atoms with van der Waals surface area (Å²) in [5, 5.41) is 0. The maximum absolute atomic E-state index is 12.9. The molecule has 0 atom stereocenters. The number of halogens is 3. The van der Waals surface area contributed by atoms with E-state index in [1.165, 1.54) is 6.08 Å². The smallest absolute Gasteiger partial charge is 0.207 e. The highest BCUT2D eigenvalue weighted by Crippen LogP contribution is 2.13. The van der Waals surface area contributed by atoms with Crippen LogP contribution in [0.3, 0.4) is 0 Å². The maximum atomic E-state index is 12.9. The van der Waals surface area contributed by atoms with Crippen LogP contribution in [0.2, 0.25) is 0 Å². The minimum absolute atomic E-state index is 0.0358. The van der Waals surface area contributed by atoms with Gasteiger partial charge < -0.3 is 0 Å². The van der Waals surface area contributed by atoms with Crippen molar-refractivity contribution < 1.29 is 17.2 Å². The van der Waals surface area contributed by atoms with Crippen LogP contribution in [0.5, 0.6) is 0 Å². The van der Waals surface area contributed by atoms with Crippen LogP contribution < -0.4 is 4.72 Å². The van der Waals surface area contributed by atoms with E-state index in [0.717, 1.165) is 12.1 Å². The highest BCUT2D eigenvalue weighted by molar-refractivity contribution is 7.89. The molecule has 0 aliphatic heterocycles. The third-order valence-corrected chi connectivity index (χ3v) is 3.45. The second-order valence-electron chi connectivity index (χ2n) is 3.05. The first-order valence-corrected chi connectivity index (χ1v) is 6.65. The number of rotatable bonds is 5. The normalized spacial score (nSPS) is 12.2. The van der Waals surface area contributed by atoms with Crippen molar-refractivity contribution in [2.24, 2.45) is 0 Å². The van der Waals surface area contributed by atoms with E-state index in [1.807, 2.05) is 0 Å². The van der Waals surface area contributed by atoms with Gasteiger partial charge in [-0.25, -0.2) is 21.9 Å². The lowest BCUT2D eigenvalue weighted by atomic mass is 10.3. The first-order chi connectivity index (χ1) is 7.97. The zero-order valence-corrected chi connectivity index (χ0v) is 10.2. The first kappa shape index (κ1) is 14.1. The predicted molar refractivity (Wildman–Crippen MR) is 61.4 cm³/mol. The molecule has 0 aromatic heterocycles. The number of alkyl halides is 1. The molecule has 0 aliphatic carbocycles. The Morgan fingerprint density at radius 2 is 1.94 bits per heavy atom. The fourth-order valence-corrected chi connectivity index (χ4v) is 2.15. The Morgan fingerprint density at radius 3 is 2.53 bits per heavy atom. The van der Waals surface area contributed by atoms with Crippen LogP contribution in [0, 0.1) is 11.6 Å². The van der Waals surface area contributed by atoms with Gasteiger partial charge in [0.15, 0.2) is 11.6 Å². The Bertz CT molecular complexity index is 517. The fourth-order valence-electron chi connectivity index (χ4n) is 1.03. The van der Waals surface area contributed by atoms with Gasteiger partial charge in [0.1, 0.15) is 0 Å². The van der Waals surface area contributed by atoms with Gasteiger partial charge in [0.2, 0.25) is 10.0 Å². The summed E-state index contributed by atoms with van der Waals surface area (Å²) in [5.41, 5.74) is 0. The lowest BCUT2D eigenvalue weighted by molar-refractivity contribution is 0.504. The molecule has 17 heavy (non-hydrogen) atoms. The summed E-state index contributed by atoms with van der Waals surface area (Å²) in [4.78, 5) is -0.323. The van der Waals surface area contributed by atoms with E-state index in [4.69, 9.17) is 11.6 Å². The lowest BCUT2D eigenvalue weighted by Crippen LogP contribution is -2.24. The molecule has 0 aliphatic rings. The van der Waals surface area contributed by atoms with Gasteiger partial charge in [-0.3, -0.25) is 0 Å². The maximum Gasteiger partial charge on any atom is 0.240 e. The number of allylic oxidation sites excluding steroid dienone is 1. The van der Waals surface area contributed by atoms with Crippen molar-refractivity contribution >= 4 is 21.6 Å². The molecule has 0 unspecified atom stereocenters. The molecule has 0 saturated heterocycles. The average Bonchev–Trinajstić information content (AvgIpc) is 2.28. The topological polar surface area (TPSA) is 46.2 Å². The van der Waals surface area contributed by atoms with Gasteiger partial charge in [-0.1, -0.05) is 12.2 Å². The van der Waals surface area contributed by atoms with Crippen LogP contribution >= 0.6 is 11.6 Å². The van der Waals surface area contributed by atoms with Gasteiger partial charge in [0.25, 0.3) is 0 Å². The van der Waals surface area contributed by atoms with Crippen molar-refractivity contribution in [2.75, 3.05) is 12.4 Å². The van der Waals surface area contributed by atoms with E-state index < -0.39 is 21.7 Å². The molecule has 94 valence electrons. The van der Waals surface area contributed by atoms with E-state index >= 15 is 0 Å². The van der Waals surface area contributed by atoms with E-state index in [2.05, 4.69) is 4.72 Å². The molecule has 3 nitrogen and oxygen atoms in total. The Hall–Kier alpha value is -0.980. The SMILES string of the molecule is O=S(=O)(NC/C=C/CCl)c1ccc(F)c(F)c1.